The minimum absolute atomic E-state index is 0.181. The average molecular weight is 341 g/mol. The summed E-state index contributed by atoms with van der Waals surface area (Å²) in [5.74, 6) is 0.776. The van der Waals surface area contributed by atoms with Gasteiger partial charge in [-0.2, -0.15) is 4.98 Å². The number of aryl methyl sites for hydroxylation is 1. The van der Waals surface area contributed by atoms with E-state index in [4.69, 9.17) is 9.26 Å². The van der Waals surface area contributed by atoms with Crippen LogP contribution in [0, 0.1) is 12.7 Å². The standard InChI is InChI=1S/C18H16FN3O3/c1-12-20-18(25-22-12)10-13-4-2-3-5-16(13)21-17(23)11-24-15-8-6-14(19)7-9-15/h2-9H,10-11H2,1H3,(H,21,23). The molecule has 2 aromatic carbocycles. The lowest BCUT2D eigenvalue weighted by atomic mass is 10.1. The Morgan fingerprint density at radius 2 is 1.96 bits per heavy atom. The number of benzene rings is 2. The molecule has 25 heavy (non-hydrogen) atoms. The molecule has 0 saturated carbocycles. The molecule has 0 aliphatic heterocycles. The summed E-state index contributed by atoms with van der Waals surface area (Å²) in [5.41, 5.74) is 1.49. The summed E-state index contributed by atoms with van der Waals surface area (Å²) < 4.78 is 23.3. The number of ether oxygens (including phenoxy) is 1. The second kappa shape index (κ2) is 7.57. The minimum atomic E-state index is -0.359. The van der Waals surface area contributed by atoms with Gasteiger partial charge in [0, 0.05) is 5.69 Å². The van der Waals surface area contributed by atoms with Crippen LogP contribution in [0.1, 0.15) is 17.3 Å². The van der Waals surface area contributed by atoms with Gasteiger partial charge < -0.3 is 14.6 Å². The van der Waals surface area contributed by atoms with E-state index < -0.39 is 0 Å². The lowest BCUT2D eigenvalue weighted by Gasteiger charge is -2.10. The van der Waals surface area contributed by atoms with Crippen LogP contribution in [-0.4, -0.2) is 22.7 Å². The van der Waals surface area contributed by atoms with Crippen molar-refractivity contribution in [3.05, 3.63) is 71.6 Å². The van der Waals surface area contributed by atoms with E-state index in [-0.39, 0.29) is 18.3 Å². The van der Waals surface area contributed by atoms with Gasteiger partial charge in [-0.05, 0) is 42.8 Å². The maximum absolute atomic E-state index is 12.8. The van der Waals surface area contributed by atoms with Crippen molar-refractivity contribution < 1.29 is 18.4 Å². The SMILES string of the molecule is Cc1noc(Cc2ccccc2NC(=O)COc2ccc(F)cc2)n1. The number of amides is 1. The molecular weight excluding hydrogens is 325 g/mol. The first-order chi connectivity index (χ1) is 12.1. The van der Waals surface area contributed by atoms with E-state index in [1.165, 1.54) is 24.3 Å². The first-order valence-corrected chi connectivity index (χ1v) is 7.65. The van der Waals surface area contributed by atoms with Crippen LogP contribution >= 0.6 is 0 Å². The number of hydrogen-bond donors (Lipinski definition) is 1. The lowest BCUT2D eigenvalue weighted by Crippen LogP contribution is -2.21. The van der Waals surface area contributed by atoms with Gasteiger partial charge in [0.2, 0.25) is 5.89 Å². The van der Waals surface area contributed by atoms with Crippen molar-refractivity contribution in [1.82, 2.24) is 10.1 Å². The zero-order chi connectivity index (χ0) is 17.6. The fourth-order valence-electron chi connectivity index (χ4n) is 2.24. The number of nitrogens with one attached hydrogen (secondary N) is 1. The van der Waals surface area contributed by atoms with Crippen molar-refractivity contribution in [3.8, 4) is 5.75 Å². The molecular formula is C18H16FN3O3. The minimum Gasteiger partial charge on any atom is -0.484 e. The Labute approximate surface area is 143 Å². The molecule has 0 unspecified atom stereocenters. The number of halogens is 1. The van der Waals surface area contributed by atoms with E-state index in [1.54, 1.807) is 13.0 Å². The fourth-order valence-corrected chi connectivity index (χ4v) is 2.24. The Morgan fingerprint density at radius 3 is 2.68 bits per heavy atom. The highest BCUT2D eigenvalue weighted by molar-refractivity contribution is 5.92. The van der Waals surface area contributed by atoms with E-state index in [2.05, 4.69) is 15.5 Å². The van der Waals surface area contributed by atoms with Crippen molar-refractivity contribution in [3.63, 3.8) is 0 Å². The molecule has 0 atom stereocenters. The van der Waals surface area contributed by atoms with Crippen LogP contribution in [0.2, 0.25) is 0 Å². The Kier molecular flexibility index (Phi) is 5.03. The quantitative estimate of drug-likeness (QED) is 0.745. The topological polar surface area (TPSA) is 77.2 Å². The molecule has 1 amide bonds. The summed E-state index contributed by atoms with van der Waals surface area (Å²) in [6, 6.07) is 12.8. The van der Waals surface area contributed by atoms with Gasteiger partial charge in [-0.15, -0.1) is 0 Å². The highest BCUT2D eigenvalue weighted by atomic mass is 19.1. The van der Waals surface area contributed by atoms with Crippen LogP contribution in [0.5, 0.6) is 5.75 Å². The van der Waals surface area contributed by atoms with Gasteiger partial charge in [0.1, 0.15) is 11.6 Å². The number of carbonyl (C=O) groups is 1. The van der Waals surface area contributed by atoms with Gasteiger partial charge in [0.25, 0.3) is 5.91 Å². The summed E-state index contributed by atoms with van der Waals surface area (Å²) in [5, 5.41) is 6.54. The van der Waals surface area contributed by atoms with E-state index in [0.717, 1.165) is 5.56 Å². The number of rotatable bonds is 6. The first-order valence-electron chi connectivity index (χ1n) is 7.65. The number of aromatic nitrogens is 2. The van der Waals surface area contributed by atoms with Gasteiger partial charge in [0.05, 0.1) is 6.42 Å². The first kappa shape index (κ1) is 16.6. The monoisotopic (exact) mass is 341 g/mol. The van der Waals surface area contributed by atoms with Crippen LogP contribution in [-0.2, 0) is 11.2 Å². The van der Waals surface area contributed by atoms with E-state index in [1.807, 2.05) is 18.2 Å². The zero-order valence-electron chi connectivity index (χ0n) is 13.5. The van der Waals surface area contributed by atoms with Crippen LogP contribution < -0.4 is 10.1 Å². The maximum atomic E-state index is 12.8. The molecule has 3 rings (SSSR count). The Morgan fingerprint density at radius 1 is 1.20 bits per heavy atom. The van der Waals surface area contributed by atoms with Gasteiger partial charge in [-0.3, -0.25) is 4.79 Å². The number of anilines is 1. The Hall–Kier alpha value is -3.22. The molecule has 7 heteroatoms. The number of carbonyl (C=O) groups excluding carboxylic acids is 1. The molecule has 128 valence electrons. The third kappa shape index (κ3) is 4.63. The highest BCUT2D eigenvalue weighted by Gasteiger charge is 2.11. The second-order valence-electron chi connectivity index (χ2n) is 5.36. The predicted molar refractivity (Wildman–Crippen MR) is 88.8 cm³/mol. The maximum Gasteiger partial charge on any atom is 0.262 e. The van der Waals surface area contributed by atoms with Crippen molar-refractivity contribution >= 4 is 11.6 Å². The van der Waals surface area contributed by atoms with Crippen molar-refractivity contribution in [2.75, 3.05) is 11.9 Å². The molecule has 3 aromatic rings. The molecule has 1 aromatic heterocycles. The molecule has 1 heterocycles. The zero-order valence-corrected chi connectivity index (χ0v) is 13.5. The molecule has 0 aliphatic carbocycles. The van der Waals surface area contributed by atoms with Crippen LogP contribution in [0.25, 0.3) is 0 Å². The van der Waals surface area contributed by atoms with Crippen LogP contribution in [0.15, 0.2) is 53.1 Å². The summed E-state index contributed by atoms with van der Waals surface area (Å²) in [6.07, 6.45) is 0.413. The summed E-state index contributed by atoms with van der Waals surface area (Å²) >= 11 is 0. The van der Waals surface area contributed by atoms with Crippen molar-refractivity contribution in [2.45, 2.75) is 13.3 Å². The summed E-state index contributed by atoms with van der Waals surface area (Å²) in [4.78, 5) is 16.3. The van der Waals surface area contributed by atoms with Gasteiger partial charge >= 0.3 is 0 Å². The molecule has 0 fully saturated rings. The molecule has 1 N–H and O–H groups in total. The number of para-hydroxylation sites is 1. The van der Waals surface area contributed by atoms with Crippen molar-refractivity contribution in [2.24, 2.45) is 0 Å². The predicted octanol–water partition coefficient (Wildman–Crippen LogP) is 3.13. The lowest BCUT2D eigenvalue weighted by molar-refractivity contribution is -0.118. The highest BCUT2D eigenvalue weighted by Crippen LogP contribution is 2.18. The summed E-state index contributed by atoms with van der Waals surface area (Å²) in [6.45, 7) is 1.56. The average Bonchev–Trinajstić information content (AvgIpc) is 3.01. The third-order valence-electron chi connectivity index (χ3n) is 3.39. The van der Waals surface area contributed by atoms with E-state index in [0.29, 0.717) is 29.6 Å². The second-order valence-corrected chi connectivity index (χ2v) is 5.36. The molecule has 0 aliphatic rings. The Balaban J connectivity index is 1.61. The largest absolute Gasteiger partial charge is 0.484 e. The molecule has 0 saturated heterocycles. The smallest absolute Gasteiger partial charge is 0.262 e. The van der Waals surface area contributed by atoms with Crippen LogP contribution in [0.3, 0.4) is 0 Å². The van der Waals surface area contributed by atoms with Crippen LogP contribution in [0.4, 0.5) is 10.1 Å². The normalized spacial score (nSPS) is 10.5. The van der Waals surface area contributed by atoms with Gasteiger partial charge in [-0.25, -0.2) is 4.39 Å². The molecule has 0 bridgehead atoms. The number of hydrogen-bond acceptors (Lipinski definition) is 5. The Bertz CT molecular complexity index is 862. The van der Waals surface area contributed by atoms with Crippen molar-refractivity contribution in [1.29, 1.82) is 0 Å². The van der Waals surface area contributed by atoms with Gasteiger partial charge in [0.15, 0.2) is 12.4 Å². The van der Waals surface area contributed by atoms with E-state index in [9.17, 15) is 9.18 Å². The van der Waals surface area contributed by atoms with E-state index >= 15 is 0 Å². The number of nitrogens with zero attached hydrogens (tertiary/aromatic N) is 2. The third-order valence-corrected chi connectivity index (χ3v) is 3.39. The molecule has 0 radical (unpaired) electrons. The fraction of sp³-hybridized carbons (Fsp3) is 0.167. The summed E-state index contributed by atoms with van der Waals surface area (Å²) in [7, 11) is 0. The molecule has 6 nitrogen and oxygen atoms in total. The van der Waals surface area contributed by atoms with Gasteiger partial charge in [-0.1, -0.05) is 23.4 Å². The molecule has 0 spiro atoms.